The van der Waals surface area contributed by atoms with Crippen LogP contribution in [0.2, 0.25) is 0 Å². The first-order chi connectivity index (χ1) is 9.29. The number of nitrogens with one attached hydrogen (secondary N) is 1. The molecule has 1 aromatic carbocycles. The number of aromatic amines is 1. The quantitative estimate of drug-likeness (QED) is 0.888. The summed E-state index contributed by atoms with van der Waals surface area (Å²) in [5.41, 5.74) is 8.70. The number of hydrogen-bond donors (Lipinski definition) is 2. The van der Waals surface area contributed by atoms with Crippen LogP contribution in [0.15, 0.2) is 24.3 Å². The zero-order valence-corrected chi connectivity index (χ0v) is 12.5. The summed E-state index contributed by atoms with van der Waals surface area (Å²) in [5.74, 6) is 0.610. The van der Waals surface area contributed by atoms with Gasteiger partial charge in [0.1, 0.15) is 5.82 Å². The number of nitrogen functional groups attached to an aromatic ring is 1. The van der Waals surface area contributed by atoms with Gasteiger partial charge in [0.05, 0.1) is 0 Å². The number of halogens is 1. The number of nitrogens with zero attached hydrogens (tertiary/aromatic N) is 1. The van der Waals surface area contributed by atoms with Crippen molar-refractivity contribution >= 4 is 5.82 Å². The largest absolute Gasteiger partial charge is 0.382 e. The maximum atomic E-state index is 13.4. The van der Waals surface area contributed by atoms with E-state index in [1.165, 1.54) is 12.1 Å². The van der Waals surface area contributed by atoms with Gasteiger partial charge in [-0.15, -0.1) is 0 Å². The first-order valence-corrected chi connectivity index (χ1v) is 6.87. The van der Waals surface area contributed by atoms with Crippen molar-refractivity contribution in [3.05, 3.63) is 35.8 Å². The molecule has 1 atom stereocenters. The summed E-state index contributed by atoms with van der Waals surface area (Å²) in [7, 11) is 0. The topological polar surface area (TPSA) is 54.7 Å². The average Bonchev–Trinajstić information content (AvgIpc) is 2.69. The lowest BCUT2D eigenvalue weighted by molar-refractivity contribution is 0.258. The van der Waals surface area contributed by atoms with E-state index in [4.69, 9.17) is 5.73 Å². The first kappa shape index (κ1) is 14.6. The van der Waals surface area contributed by atoms with Crippen molar-refractivity contribution in [1.29, 1.82) is 0 Å². The second-order valence-electron chi connectivity index (χ2n) is 6.44. The predicted molar refractivity (Wildman–Crippen MR) is 80.7 cm³/mol. The van der Waals surface area contributed by atoms with Crippen LogP contribution in [-0.4, -0.2) is 10.2 Å². The number of H-pyrrole nitrogens is 1. The van der Waals surface area contributed by atoms with Crippen LogP contribution < -0.4 is 5.73 Å². The van der Waals surface area contributed by atoms with Gasteiger partial charge in [0, 0.05) is 11.3 Å². The van der Waals surface area contributed by atoms with E-state index in [0.29, 0.717) is 11.7 Å². The molecule has 0 amide bonds. The summed E-state index contributed by atoms with van der Waals surface area (Å²) in [4.78, 5) is 0. The Balaban J connectivity index is 2.38. The van der Waals surface area contributed by atoms with Gasteiger partial charge in [-0.25, -0.2) is 4.39 Å². The number of hydrogen-bond acceptors (Lipinski definition) is 2. The van der Waals surface area contributed by atoms with E-state index in [1.807, 2.05) is 6.07 Å². The number of nitrogens with two attached hydrogens (primary N) is 1. The number of anilines is 1. The van der Waals surface area contributed by atoms with Crippen molar-refractivity contribution in [3.63, 3.8) is 0 Å². The van der Waals surface area contributed by atoms with Gasteiger partial charge in [-0.3, -0.25) is 5.10 Å². The van der Waals surface area contributed by atoms with Crippen molar-refractivity contribution in [2.45, 2.75) is 34.1 Å². The molecule has 0 radical (unpaired) electrons. The molecule has 1 unspecified atom stereocenters. The van der Waals surface area contributed by atoms with Crippen LogP contribution in [0.5, 0.6) is 0 Å². The molecule has 20 heavy (non-hydrogen) atoms. The highest BCUT2D eigenvalue weighted by Crippen LogP contribution is 2.34. The average molecular weight is 275 g/mol. The highest BCUT2D eigenvalue weighted by atomic mass is 19.1. The summed E-state index contributed by atoms with van der Waals surface area (Å²) < 4.78 is 13.4. The molecule has 0 spiro atoms. The standard InChI is InChI=1S/C16H22FN3/c1-10(16(2,3)4)8-13-14(15(18)20-19-13)11-6-5-7-12(17)9-11/h5-7,9-10H,8H2,1-4H3,(H3,18,19,20). The van der Waals surface area contributed by atoms with Gasteiger partial charge in [0.2, 0.25) is 0 Å². The second-order valence-corrected chi connectivity index (χ2v) is 6.44. The maximum Gasteiger partial charge on any atom is 0.153 e. The van der Waals surface area contributed by atoms with Crippen molar-refractivity contribution < 1.29 is 4.39 Å². The van der Waals surface area contributed by atoms with Gasteiger partial charge in [-0.2, -0.15) is 5.10 Å². The molecule has 108 valence electrons. The predicted octanol–water partition coefficient (Wildman–Crippen LogP) is 4.02. The van der Waals surface area contributed by atoms with E-state index < -0.39 is 0 Å². The van der Waals surface area contributed by atoms with E-state index >= 15 is 0 Å². The van der Waals surface area contributed by atoms with Crippen molar-refractivity contribution in [1.82, 2.24) is 10.2 Å². The van der Waals surface area contributed by atoms with Crippen LogP contribution in [-0.2, 0) is 6.42 Å². The van der Waals surface area contributed by atoms with Crippen LogP contribution in [0.1, 0.15) is 33.4 Å². The van der Waals surface area contributed by atoms with Crippen LogP contribution in [0.25, 0.3) is 11.1 Å². The van der Waals surface area contributed by atoms with Gasteiger partial charge in [0.25, 0.3) is 0 Å². The molecule has 4 heteroatoms. The third-order valence-electron chi connectivity index (χ3n) is 3.97. The monoisotopic (exact) mass is 275 g/mol. The molecule has 0 aliphatic heterocycles. The lowest BCUT2D eigenvalue weighted by Gasteiger charge is -2.27. The molecular weight excluding hydrogens is 253 g/mol. The van der Waals surface area contributed by atoms with E-state index in [9.17, 15) is 4.39 Å². The lowest BCUT2D eigenvalue weighted by Crippen LogP contribution is -2.19. The third-order valence-corrected chi connectivity index (χ3v) is 3.97. The summed E-state index contributed by atoms with van der Waals surface area (Å²) in [5, 5.41) is 7.09. The molecule has 2 rings (SSSR count). The molecular formula is C16H22FN3. The molecule has 0 saturated heterocycles. The highest BCUT2D eigenvalue weighted by molar-refractivity contribution is 5.76. The van der Waals surface area contributed by atoms with Crippen LogP contribution in [0.3, 0.4) is 0 Å². The van der Waals surface area contributed by atoms with Crippen molar-refractivity contribution in [2.75, 3.05) is 5.73 Å². The fourth-order valence-corrected chi connectivity index (χ4v) is 2.12. The third kappa shape index (κ3) is 3.00. The zero-order chi connectivity index (χ0) is 14.9. The number of rotatable bonds is 3. The van der Waals surface area contributed by atoms with Crippen LogP contribution >= 0.6 is 0 Å². The number of aromatic nitrogens is 2. The summed E-state index contributed by atoms with van der Waals surface area (Å²) >= 11 is 0. The minimum absolute atomic E-state index is 0.194. The van der Waals surface area contributed by atoms with Gasteiger partial charge in [0.15, 0.2) is 5.82 Å². The Morgan fingerprint density at radius 1 is 1.35 bits per heavy atom. The second kappa shape index (κ2) is 5.27. The van der Waals surface area contributed by atoms with Crippen molar-refractivity contribution in [3.8, 4) is 11.1 Å². The van der Waals surface area contributed by atoms with E-state index in [0.717, 1.165) is 23.2 Å². The molecule has 0 saturated carbocycles. The fraction of sp³-hybridized carbons (Fsp3) is 0.438. The molecule has 1 heterocycles. The molecule has 2 aromatic rings. The highest BCUT2D eigenvalue weighted by Gasteiger charge is 2.23. The van der Waals surface area contributed by atoms with Crippen LogP contribution in [0, 0.1) is 17.2 Å². The van der Waals surface area contributed by atoms with Gasteiger partial charge >= 0.3 is 0 Å². The lowest BCUT2D eigenvalue weighted by atomic mass is 9.79. The Morgan fingerprint density at radius 2 is 2.05 bits per heavy atom. The Kier molecular flexibility index (Phi) is 3.84. The van der Waals surface area contributed by atoms with E-state index in [1.54, 1.807) is 6.07 Å². The Labute approximate surface area is 119 Å². The Hall–Kier alpha value is -1.84. The fourth-order valence-electron chi connectivity index (χ4n) is 2.12. The molecule has 1 aromatic heterocycles. The normalized spacial score (nSPS) is 13.4. The minimum atomic E-state index is -0.266. The summed E-state index contributed by atoms with van der Waals surface area (Å²) in [6.45, 7) is 8.82. The first-order valence-electron chi connectivity index (χ1n) is 6.87. The van der Waals surface area contributed by atoms with Gasteiger partial charge in [-0.05, 0) is 35.4 Å². The van der Waals surface area contributed by atoms with Crippen molar-refractivity contribution in [2.24, 2.45) is 11.3 Å². The van der Waals surface area contributed by atoms with E-state index in [-0.39, 0.29) is 11.2 Å². The smallest absolute Gasteiger partial charge is 0.153 e. The number of benzene rings is 1. The molecule has 0 aliphatic carbocycles. The summed E-state index contributed by atoms with van der Waals surface area (Å²) in [6, 6.07) is 6.47. The Bertz CT molecular complexity index is 596. The maximum absolute atomic E-state index is 13.4. The van der Waals surface area contributed by atoms with Crippen LogP contribution in [0.4, 0.5) is 10.2 Å². The minimum Gasteiger partial charge on any atom is -0.382 e. The Morgan fingerprint density at radius 3 is 2.65 bits per heavy atom. The SMILES string of the molecule is CC(Cc1[nH]nc(N)c1-c1cccc(F)c1)C(C)(C)C. The molecule has 3 nitrogen and oxygen atoms in total. The molecule has 3 N–H and O–H groups in total. The van der Waals surface area contributed by atoms with Gasteiger partial charge < -0.3 is 5.73 Å². The molecule has 0 aliphatic rings. The molecule has 0 fully saturated rings. The zero-order valence-electron chi connectivity index (χ0n) is 12.5. The summed E-state index contributed by atoms with van der Waals surface area (Å²) in [6.07, 6.45) is 0.833. The van der Waals surface area contributed by atoms with E-state index in [2.05, 4.69) is 37.9 Å². The molecule has 0 bridgehead atoms. The van der Waals surface area contributed by atoms with Gasteiger partial charge in [-0.1, -0.05) is 39.8 Å².